The molecule has 3 heteroatoms. The molecule has 19 heavy (non-hydrogen) atoms. The summed E-state index contributed by atoms with van der Waals surface area (Å²) in [4.78, 5) is 14.6. The highest BCUT2D eigenvalue weighted by molar-refractivity contribution is 5.94. The number of aryl methyl sites for hydroxylation is 1. The van der Waals surface area contributed by atoms with Gasteiger partial charge < -0.3 is 5.32 Å². The highest BCUT2D eigenvalue weighted by atomic mass is 16.2. The molecule has 0 bridgehead atoms. The number of carbonyl (C=O) groups is 1. The lowest BCUT2D eigenvalue weighted by Gasteiger charge is -2.26. The molecule has 1 aliphatic heterocycles. The Morgan fingerprint density at radius 1 is 1.21 bits per heavy atom. The minimum atomic E-state index is -0.0430. The number of carbonyl (C=O) groups excluding carboxylic acids is 1. The van der Waals surface area contributed by atoms with Crippen LogP contribution in [0.3, 0.4) is 0 Å². The smallest absolute Gasteiger partial charge is 0.241 e. The molecule has 0 radical (unpaired) electrons. The van der Waals surface area contributed by atoms with Gasteiger partial charge >= 0.3 is 0 Å². The molecule has 1 amide bonds. The van der Waals surface area contributed by atoms with Crippen molar-refractivity contribution in [3.8, 4) is 0 Å². The number of nitrogens with one attached hydrogen (secondary N) is 1. The lowest BCUT2D eigenvalue weighted by molar-refractivity contribution is -0.120. The van der Waals surface area contributed by atoms with Gasteiger partial charge in [0.25, 0.3) is 0 Å². The molecule has 1 saturated heterocycles. The molecular formula is C16H24N2O. The second-order valence-electron chi connectivity index (χ2n) is 5.48. The van der Waals surface area contributed by atoms with Crippen LogP contribution in [-0.4, -0.2) is 29.9 Å². The number of hydrogen-bond donors (Lipinski definition) is 1. The molecule has 1 aromatic carbocycles. The molecule has 1 unspecified atom stereocenters. The predicted molar refractivity (Wildman–Crippen MR) is 79.3 cm³/mol. The summed E-state index contributed by atoms with van der Waals surface area (Å²) < 4.78 is 0. The second kappa shape index (κ2) is 6.71. The SMILES string of the molecule is Cc1cccc(NC(=O)C(C)N2CCCCCC2)c1. The third-order valence-electron chi connectivity index (χ3n) is 3.85. The van der Waals surface area contributed by atoms with Crippen LogP contribution in [0.15, 0.2) is 24.3 Å². The number of rotatable bonds is 3. The number of hydrogen-bond acceptors (Lipinski definition) is 2. The molecule has 104 valence electrons. The lowest BCUT2D eigenvalue weighted by atomic mass is 10.2. The van der Waals surface area contributed by atoms with Gasteiger partial charge in [0.2, 0.25) is 5.91 Å². The van der Waals surface area contributed by atoms with Gasteiger partial charge in [-0.05, 0) is 57.5 Å². The Bertz CT molecular complexity index is 423. The van der Waals surface area contributed by atoms with E-state index in [9.17, 15) is 4.79 Å². The van der Waals surface area contributed by atoms with Gasteiger partial charge in [-0.3, -0.25) is 9.69 Å². The zero-order chi connectivity index (χ0) is 13.7. The van der Waals surface area contributed by atoms with Crippen molar-refractivity contribution in [1.29, 1.82) is 0 Å². The summed E-state index contributed by atoms with van der Waals surface area (Å²) >= 11 is 0. The summed E-state index contributed by atoms with van der Waals surface area (Å²) in [5.41, 5.74) is 2.06. The first-order valence-corrected chi connectivity index (χ1v) is 7.28. The molecule has 1 N–H and O–H groups in total. The molecule has 1 heterocycles. The number of anilines is 1. The Kier molecular flexibility index (Phi) is 4.97. The van der Waals surface area contributed by atoms with E-state index < -0.39 is 0 Å². The summed E-state index contributed by atoms with van der Waals surface area (Å²) in [6, 6.07) is 7.92. The van der Waals surface area contributed by atoms with E-state index in [1.165, 1.54) is 31.2 Å². The minimum Gasteiger partial charge on any atom is -0.325 e. The van der Waals surface area contributed by atoms with Crippen molar-refractivity contribution in [3.63, 3.8) is 0 Å². The van der Waals surface area contributed by atoms with E-state index in [1.807, 2.05) is 38.1 Å². The van der Waals surface area contributed by atoms with E-state index in [2.05, 4.69) is 10.2 Å². The Labute approximate surface area is 116 Å². The van der Waals surface area contributed by atoms with Gasteiger partial charge in [-0.2, -0.15) is 0 Å². The maximum absolute atomic E-state index is 12.3. The zero-order valence-corrected chi connectivity index (χ0v) is 12.0. The van der Waals surface area contributed by atoms with E-state index in [4.69, 9.17) is 0 Å². The standard InChI is InChI=1S/C16H24N2O/c1-13-8-7-9-15(12-13)17-16(19)14(2)18-10-5-3-4-6-11-18/h7-9,12,14H,3-6,10-11H2,1-2H3,(H,17,19). The fraction of sp³-hybridized carbons (Fsp3) is 0.562. The van der Waals surface area contributed by atoms with E-state index in [0.29, 0.717) is 0 Å². The third-order valence-corrected chi connectivity index (χ3v) is 3.85. The maximum Gasteiger partial charge on any atom is 0.241 e. The molecule has 1 fully saturated rings. The van der Waals surface area contributed by atoms with E-state index in [0.717, 1.165) is 18.8 Å². The Morgan fingerprint density at radius 2 is 1.89 bits per heavy atom. The van der Waals surface area contributed by atoms with E-state index in [-0.39, 0.29) is 11.9 Å². The first-order valence-electron chi connectivity index (χ1n) is 7.28. The minimum absolute atomic E-state index is 0.0430. The normalized spacial score (nSPS) is 18.6. The molecule has 0 aromatic heterocycles. The fourth-order valence-electron chi connectivity index (χ4n) is 2.62. The monoisotopic (exact) mass is 260 g/mol. The second-order valence-corrected chi connectivity index (χ2v) is 5.48. The topological polar surface area (TPSA) is 32.3 Å². The average Bonchev–Trinajstić information content (AvgIpc) is 2.66. The number of nitrogens with zero attached hydrogens (tertiary/aromatic N) is 1. The Morgan fingerprint density at radius 3 is 2.53 bits per heavy atom. The molecule has 0 saturated carbocycles. The number of likely N-dealkylation sites (tertiary alicyclic amines) is 1. The van der Waals surface area contributed by atoms with Crippen LogP contribution in [0.5, 0.6) is 0 Å². The summed E-state index contributed by atoms with van der Waals surface area (Å²) in [6.45, 7) is 6.13. The van der Waals surface area contributed by atoms with Crippen molar-refractivity contribution in [3.05, 3.63) is 29.8 Å². The number of benzene rings is 1. The van der Waals surface area contributed by atoms with Gasteiger partial charge in [0.1, 0.15) is 0 Å². The van der Waals surface area contributed by atoms with Crippen molar-refractivity contribution in [2.75, 3.05) is 18.4 Å². The van der Waals surface area contributed by atoms with Crippen LogP contribution in [0.4, 0.5) is 5.69 Å². The lowest BCUT2D eigenvalue weighted by Crippen LogP contribution is -2.42. The van der Waals surface area contributed by atoms with Crippen molar-refractivity contribution in [1.82, 2.24) is 4.90 Å². The summed E-state index contributed by atoms with van der Waals surface area (Å²) in [6.07, 6.45) is 5.01. The molecule has 0 spiro atoms. The van der Waals surface area contributed by atoms with E-state index >= 15 is 0 Å². The largest absolute Gasteiger partial charge is 0.325 e. The molecule has 3 nitrogen and oxygen atoms in total. The highest BCUT2D eigenvalue weighted by Gasteiger charge is 2.21. The quantitative estimate of drug-likeness (QED) is 0.905. The van der Waals surface area contributed by atoms with Crippen LogP contribution in [0.2, 0.25) is 0 Å². The maximum atomic E-state index is 12.3. The van der Waals surface area contributed by atoms with Crippen LogP contribution in [-0.2, 0) is 4.79 Å². The van der Waals surface area contributed by atoms with Gasteiger partial charge in [-0.25, -0.2) is 0 Å². The summed E-state index contributed by atoms with van der Waals surface area (Å²) in [7, 11) is 0. The average molecular weight is 260 g/mol. The first kappa shape index (κ1) is 14.1. The van der Waals surface area contributed by atoms with Gasteiger partial charge in [-0.15, -0.1) is 0 Å². The van der Waals surface area contributed by atoms with Gasteiger partial charge in [0.15, 0.2) is 0 Å². The van der Waals surface area contributed by atoms with Crippen LogP contribution >= 0.6 is 0 Å². The van der Waals surface area contributed by atoms with E-state index in [1.54, 1.807) is 0 Å². The fourth-order valence-corrected chi connectivity index (χ4v) is 2.62. The van der Waals surface area contributed by atoms with Crippen LogP contribution in [0, 0.1) is 6.92 Å². The van der Waals surface area contributed by atoms with Crippen molar-refractivity contribution < 1.29 is 4.79 Å². The Hall–Kier alpha value is -1.35. The molecule has 1 aliphatic rings. The van der Waals surface area contributed by atoms with Crippen LogP contribution in [0.1, 0.15) is 38.2 Å². The van der Waals surface area contributed by atoms with Gasteiger partial charge in [0, 0.05) is 5.69 Å². The number of amides is 1. The van der Waals surface area contributed by atoms with Crippen LogP contribution in [0.25, 0.3) is 0 Å². The zero-order valence-electron chi connectivity index (χ0n) is 12.0. The van der Waals surface area contributed by atoms with Crippen molar-refractivity contribution >= 4 is 11.6 Å². The summed E-state index contributed by atoms with van der Waals surface area (Å²) in [5, 5.41) is 3.02. The third kappa shape index (κ3) is 4.06. The van der Waals surface area contributed by atoms with Gasteiger partial charge in [0.05, 0.1) is 6.04 Å². The molecular weight excluding hydrogens is 236 g/mol. The highest BCUT2D eigenvalue weighted by Crippen LogP contribution is 2.15. The van der Waals surface area contributed by atoms with Crippen molar-refractivity contribution in [2.24, 2.45) is 0 Å². The first-order chi connectivity index (χ1) is 9.16. The van der Waals surface area contributed by atoms with Crippen LogP contribution < -0.4 is 5.32 Å². The van der Waals surface area contributed by atoms with Gasteiger partial charge in [-0.1, -0.05) is 25.0 Å². The Balaban J connectivity index is 1.94. The molecule has 1 aromatic rings. The molecule has 0 aliphatic carbocycles. The summed E-state index contributed by atoms with van der Waals surface area (Å²) in [5.74, 6) is 0.104. The van der Waals surface area contributed by atoms with Crippen molar-refractivity contribution in [2.45, 2.75) is 45.6 Å². The molecule has 1 atom stereocenters. The molecule has 2 rings (SSSR count). The predicted octanol–water partition coefficient (Wildman–Crippen LogP) is 3.20.